The number of aromatic nitrogens is 1. The number of hydrogen-bond acceptors (Lipinski definition) is 3. The van der Waals surface area contributed by atoms with E-state index in [0.717, 1.165) is 0 Å². The topological polar surface area (TPSA) is 90.4 Å². The quantitative estimate of drug-likeness (QED) is 0.528. The predicted molar refractivity (Wildman–Crippen MR) is 41.8 cm³/mol. The van der Waals surface area contributed by atoms with Crippen molar-refractivity contribution in [3.8, 4) is 0 Å². The fourth-order valence-electron chi connectivity index (χ4n) is 0.377. The van der Waals surface area contributed by atoms with Gasteiger partial charge in [0.15, 0.2) is 0 Å². The number of aliphatic carboxylic acids is 1. The maximum absolute atomic E-state index is 10.2. The molecule has 0 atom stereocenters. The fraction of sp³-hybridized carbons (Fsp3) is 0.143. The van der Waals surface area contributed by atoms with Crippen LogP contribution in [0.2, 0.25) is 0 Å². The number of hydrogen-bond donors (Lipinski definition) is 3. The lowest BCUT2D eigenvalue weighted by Crippen LogP contribution is -1.98. The van der Waals surface area contributed by atoms with Gasteiger partial charge in [-0.25, -0.2) is 4.79 Å². The molecule has 0 saturated heterocycles. The lowest BCUT2D eigenvalue weighted by atomic mass is 10.5. The smallest absolute Gasteiger partial charge is 0.329 e. The van der Waals surface area contributed by atoms with Crippen LogP contribution in [0.3, 0.4) is 0 Å². The van der Waals surface area contributed by atoms with Crippen LogP contribution >= 0.6 is 0 Å². The molecule has 5 heteroatoms. The highest BCUT2D eigenvalue weighted by Gasteiger charge is 1.82. The van der Waals surface area contributed by atoms with Crippen LogP contribution in [-0.4, -0.2) is 27.8 Å². The van der Waals surface area contributed by atoms with Crippen molar-refractivity contribution in [2.24, 2.45) is 0 Å². The van der Waals surface area contributed by atoms with Crippen LogP contribution in [0.25, 0.3) is 0 Å². The molecule has 5 nitrogen and oxygen atoms in total. The number of aliphatic hydroxyl groups excluding tert-OH is 1. The Morgan fingerprint density at radius 2 is 2.08 bits per heavy atom. The molecular weight excluding hydrogens is 162 g/mol. The second-order valence-electron chi connectivity index (χ2n) is 1.78. The number of aromatic amines is 1. The SMILES string of the molecule is O=C(O)CO.O=c1cccc[nH]1. The molecule has 0 unspecified atom stereocenters. The maximum Gasteiger partial charge on any atom is 0.329 e. The molecule has 1 aromatic rings. The monoisotopic (exact) mass is 171 g/mol. The molecule has 0 aromatic carbocycles. The highest BCUT2D eigenvalue weighted by Crippen LogP contribution is 1.67. The van der Waals surface area contributed by atoms with Crippen molar-refractivity contribution in [2.75, 3.05) is 6.61 Å². The average Bonchev–Trinajstić information content (AvgIpc) is 2.07. The lowest BCUT2D eigenvalue weighted by Gasteiger charge is -1.73. The Hall–Kier alpha value is -1.62. The van der Waals surface area contributed by atoms with Crippen molar-refractivity contribution < 1.29 is 15.0 Å². The number of aliphatic hydroxyl groups is 1. The average molecular weight is 171 g/mol. The van der Waals surface area contributed by atoms with Crippen molar-refractivity contribution in [1.29, 1.82) is 0 Å². The van der Waals surface area contributed by atoms with Crippen LogP contribution in [0.5, 0.6) is 0 Å². The van der Waals surface area contributed by atoms with Crippen LogP contribution in [-0.2, 0) is 4.79 Å². The first-order chi connectivity index (χ1) is 5.66. The van der Waals surface area contributed by atoms with Crippen LogP contribution in [0.1, 0.15) is 0 Å². The van der Waals surface area contributed by atoms with Gasteiger partial charge in [0.1, 0.15) is 6.61 Å². The van der Waals surface area contributed by atoms with E-state index in [2.05, 4.69) is 4.98 Å². The number of carboxylic acids is 1. The summed E-state index contributed by atoms with van der Waals surface area (Å²) in [5, 5.41) is 15.0. The molecule has 0 spiro atoms. The largest absolute Gasteiger partial charge is 0.480 e. The third-order valence-corrected chi connectivity index (χ3v) is 0.816. The summed E-state index contributed by atoms with van der Waals surface area (Å²) in [5.41, 5.74) is -0.0532. The van der Waals surface area contributed by atoms with E-state index in [1.165, 1.54) is 6.07 Å². The molecule has 0 aliphatic rings. The zero-order valence-electron chi connectivity index (χ0n) is 6.23. The normalized spacial score (nSPS) is 8.08. The number of carboxylic acid groups (broad SMARTS) is 1. The van der Waals surface area contributed by atoms with Crippen LogP contribution in [0, 0.1) is 0 Å². The zero-order chi connectivity index (χ0) is 9.40. The number of rotatable bonds is 1. The molecule has 0 radical (unpaired) electrons. The minimum atomic E-state index is -1.19. The highest BCUT2D eigenvalue weighted by molar-refractivity contribution is 5.67. The highest BCUT2D eigenvalue weighted by atomic mass is 16.4. The summed E-state index contributed by atoms with van der Waals surface area (Å²) in [6, 6.07) is 4.93. The molecule has 1 rings (SSSR count). The number of nitrogens with one attached hydrogen (secondary N) is 1. The standard InChI is InChI=1S/C5H5NO.C2H4O3/c7-5-3-1-2-4-6-5;3-1-2(4)5/h1-4H,(H,6,7);3H,1H2,(H,4,5). The predicted octanol–water partition coefficient (Wildman–Crippen LogP) is -0.562. The second-order valence-corrected chi connectivity index (χ2v) is 1.78. The molecule has 66 valence electrons. The van der Waals surface area contributed by atoms with Crippen molar-refractivity contribution in [3.05, 3.63) is 34.7 Å². The van der Waals surface area contributed by atoms with Crippen molar-refractivity contribution in [2.45, 2.75) is 0 Å². The zero-order valence-corrected chi connectivity index (χ0v) is 6.23. The summed E-state index contributed by atoms with van der Waals surface area (Å²) >= 11 is 0. The van der Waals surface area contributed by atoms with Gasteiger partial charge in [0.05, 0.1) is 0 Å². The molecule has 0 fully saturated rings. The first-order valence-electron chi connectivity index (χ1n) is 3.13. The molecule has 0 bridgehead atoms. The van der Waals surface area contributed by atoms with E-state index in [4.69, 9.17) is 15.0 Å². The first-order valence-corrected chi connectivity index (χ1v) is 3.13. The Labute approximate surface area is 68.3 Å². The molecule has 3 N–H and O–H groups in total. The second kappa shape index (κ2) is 6.11. The van der Waals surface area contributed by atoms with Gasteiger partial charge < -0.3 is 15.2 Å². The van der Waals surface area contributed by atoms with E-state index in [1.807, 2.05) is 0 Å². The van der Waals surface area contributed by atoms with Gasteiger partial charge in [0, 0.05) is 12.3 Å². The van der Waals surface area contributed by atoms with Gasteiger partial charge in [0.25, 0.3) is 0 Å². The molecular formula is C7H9NO4. The van der Waals surface area contributed by atoms with E-state index in [0.29, 0.717) is 0 Å². The van der Waals surface area contributed by atoms with Crippen molar-refractivity contribution >= 4 is 5.97 Å². The maximum atomic E-state index is 10.2. The van der Waals surface area contributed by atoms with Crippen molar-refractivity contribution in [3.63, 3.8) is 0 Å². The Morgan fingerprint density at radius 3 is 2.25 bits per heavy atom. The van der Waals surface area contributed by atoms with E-state index in [1.54, 1.807) is 18.3 Å². The Balaban J connectivity index is 0.000000217. The minimum Gasteiger partial charge on any atom is -0.480 e. The first kappa shape index (κ1) is 10.4. The molecule has 0 amide bonds. The summed E-state index contributed by atoms with van der Waals surface area (Å²) in [5.74, 6) is -1.19. The lowest BCUT2D eigenvalue weighted by molar-refractivity contribution is -0.140. The van der Waals surface area contributed by atoms with Crippen LogP contribution in [0.15, 0.2) is 29.2 Å². The third kappa shape index (κ3) is 6.50. The van der Waals surface area contributed by atoms with Crippen LogP contribution in [0.4, 0.5) is 0 Å². The van der Waals surface area contributed by atoms with Crippen LogP contribution < -0.4 is 5.56 Å². The molecule has 0 aliphatic carbocycles. The van der Waals surface area contributed by atoms with Crippen molar-refractivity contribution in [1.82, 2.24) is 4.98 Å². The Bertz CT molecular complexity index is 263. The summed E-state index contributed by atoms with van der Waals surface area (Å²) in [7, 11) is 0. The Kier molecular flexibility index (Phi) is 5.29. The van der Waals surface area contributed by atoms with Gasteiger partial charge in [-0.3, -0.25) is 4.79 Å². The summed E-state index contributed by atoms with van der Waals surface area (Å²) in [6.45, 7) is -0.778. The van der Waals surface area contributed by atoms with E-state index in [9.17, 15) is 4.79 Å². The van der Waals surface area contributed by atoms with Gasteiger partial charge >= 0.3 is 5.97 Å². The van der Waals surface area contributed by atoms with Gasteiger partial charge in [-0.1, -0.05) is 6.07 Å². The summed E-state index contributed by atoms with van der Waals surface area (Å²) in [6.07, 6.45) is 1.60. The molecule has 0 aliphatic heterocycles. The van der Waals surface area contributed by atoms with E-state index in [-0.39, 0.29) is 5.56 Å². The van der Waals surface area contributed by atoms with Gasteiger partial charge in [-0.2, -0.15) is 0 Å². The molecule has 0 saturated carbocycles. The number of pyridine rings is 1. The van der Waals surface area contributed by atoms with Gasteiger partial charge in [-0.15, -0.1) is 0 Å². The molecule has 1 heterocycles. The summed E-state index contributed by atoms with van der Waals surface area (Å²) < 4.78 is 0. The minimum absolute atomic E-state index is 0.0532. The van der Waals surface area contributed by atoms with E-state index < -0.39 is 12.6 Å². The molecule has 12 heavy (non-hydrogen) atoms. The van der Waals surface area contributed by atoms with E-state index >= 15 is 0 Å². The van der Waals surface area contributed by atoms with Gasteiger partial charge in [0.2, 0.25) is 5.56 Å². The number of carbonyl (C=O) groups is 1. The summed E-state index contributed by atoms with van der Waals surface area (Å²) in [4.78, 5) is 21.8. The molecule has 1 aromatic heterocycles. The Morgan fingerprint density at radius 1 is 1.50 bits per heavy atom. The fourth-order valence-corrected chi connectivity index (χ4v) is 0.377. The van der Waals surface area contributed by atoms with Gasteiger partial charge in [-0.05, 0) is 6.07 Å². The third-order valence-electron chi connectivity index (χ3n) is 0.816. The number of H-pyrrole nitrogens is 1.